The molecule has 4 aromatic rings. The summed E-state index contributed by atoms with van der Waals surface area (Å²) in [5.41, 5.74) is 3.40. The summed E-state index contributed by atoms with van der Waals surface area (Å²) in [5.74, 6) is -1.96. The van der Waals surface area contributed by atoms with Gasteiger partial charge in [-0.15, -0.1) is 15.3 Å². The van der Waals surface area contributed by atoms with Crippen molar-refractivity contribution in [3.63, 3.8) is 0 Å². The van der Waals surface area contributed by atoms with Gasteiger partial charge in [0.1, 0.15) is 6.10 Å². The van der Waals surface area contributed by atoms with Gasteiger partial charge in [0.25, 0.3) is 5.72 Å². The van der Waals surface area contributed by atoms with Crippen LogP contribution in [0.3, 0.4) is 0 Å². The van der Waals surface area contributed by atoms with Gasteiger partial charge in [-0.05, 0) is 79.8 Å². The number of anilines is 2. The third kappa shape index (κ3) is 10.4. The third-order valence-corrected chi connectivity index (χ3v) is 10.9. The van der Waals surface area contributed by atoms with Gasteiger partial charge in [0, 0.05) is 62.2 Å². The zero-order chi connectivity index (χ0) is 45.6. The summed E-state index contributed by atoms with van der Waals surface area (Å²) < 4.78 is 95.8. The Morgan fingerprint density at radius 3 is 2.25 bits per heavy atom. The second kappa shape index (κ2) is 19.0. The first kappa shape index (κ1) is 45.4. The Kier molecular flexibility index (Phi) is 13.5. The summed E-state index contributed by atoms with van der Waals surface area (Å²) in [7, 11) is 0. The van der Waals surface area contributed by atoms with E-state index in [9.17, 15) is 35.9 Å². The lowest BCUT2D eigenvalue weighted by Crippen LogP contribution is -2.51. The molecule has 64 heavy (non-hydrogen) atoms. The topological polar surface area (TPSA) is 129 Å². The number of amides is 4. The van der Waals surface area contributed by atoms with Crippen molar-refractivity contribution in [1.29, 1.82) is 0 Å². The molecule has 2 saturated heterocycles. The van der Waals surface area contributed by atoms with Gasteiger partial charge in [-0.25, -0.2) is 9.59 Å². The molecule has 3 aliphatic heterocycles. The Hall–Kier alpha value is -6.63. The molecule has 0 saturated carbocycles. The number of rotatable bonds is 12. The number of allylic oxidation sites excluding steroid dienone is 2. The first-order chi connectivity index (χ1) is 30.5. The number of para-hydroxylation sites is 1. The van der Waals surface area contributed by atoms with Crippen LogP contribution in [0.5, 0.6) is 0 Å². The maximum atomic E-state index is 14.4. The molecule has 338 valence electrons. The Labute approximate surface area is 365 Å². The van der Waals surface area contributed by atoms with Gasteiger partial charge in [-0.2, -0.15) is 26.3 Å². The molecule has 19 heteroatoms. The number of morpholine rings is 1. The maximum Gasteiger partial charge on any atom is 0.470 e. The van der Waals surface area contributed by atoms with Crippen molar-refractivity contribution < 1.29 is 49.8 Å². The van der Waals surface area contributed by atoms with E-state index >= 15 is 0 Å². The summed E-state index contributed by atoms with van der Waals surface area (Å²) in [6.07, 6.45) is -3.31. The van der Waals surface area contributed by atoms with Crippen LogP contribution in [-0.2, 0) is 22.1 Å². The molecule has 3 aliphatic rings. The lowest BCUT2D eigenvalue weighted by molar-refractivity contribution is -0.250. The van der Waals surface area contributed by atoms with E-state index in [1.165, 1.54) is 12.2 Å². The molecule has 0 bridgehead atoms. The molecular weight excluding hydrogens is 847 g/mol. The normalized spacial score (nSPS) is 19.5. The first-order valence-corrected chi connectivity index (χ1v) is 20.5. The van der Waals surface area contributed by atoms with Crippen LogP contribution in [0.25, 0.3) is 11.5 Å². The molecule has 1 aromatic heterocycles. The van der Waals surface area contributed by atoms with Crippen molar-refractivity contribution in [2.45, 2.75) is 57.3 Å². The van der Waals surface area contributed by atoms with Crippen LogP contribution in [0.4, 0.5) is 47.3 Å². The average molecular weight is 893 g/mol. The standard InChI is InChI=1S/C45H46F6N8O5/c1-4-32(39-53-55-43(3,64-39)45(49,50)51)18-15-30(2)28-59(41(60)56-22-8-9-23-56)36-14-10-11-34(27-36)37-29-57(25-26-62-37)42(61)58(35-12-6-5-7-13-35)24-21-31-16-19-33(20-17-31)38-52-54-40(63-38)44(46,47)48/h4-7,10-20,27,37,55H,1,8-9,21-26,28-29H2,2-3H3/b30-15+,32-18+. The number of nitrogens with one attached hydrogen (secondary N) is 1. The predicted octanol–water partition coefficient (Wildman–Crippen LogP) is 9.29. The van der Waals surface area contributed by atoms with Crippen molar-refractivity contribution in [2.75, 3.05) is 55.7 Å². The van der Waals surface area contributed by atoms with Crippen LogP contribution in [0.2, 0.25) is 0 Å². The predicted molar refractivity (Wildman–Crippen MR) is 226 cm³/mol. The van der Waals surface area contributed by atoms with Gasteiger partial charge in [0.15, 0.2) is 0 Å². The number of urea groups is 2. The number of likely N-dealkylation sites (tertiary alicyclic amines) is 1. The molecule has 2 unspecified atom stereocenters. The Bertz CT molecular complexity index is 2400. The zero-order valence-corrected chi connectivity index (χ0v) is 35.0. The summed E-state index contributed by atoms with van der Waals surface area (Å²) >= 11 is 0. The zero-order valence-electron chi connectivity index (χ0n) is 35.0. The molecule has 1 N–H and O–H groups in total. The number of hydrogen-bond acceptors (Lipinski definition) is 9. The number of ether oxygens (including phenoxy) is 2. The van der Waals surface area contributed by atoms with Gasteiger partial charge in [0.05, 0.1) is 13.2 Å². The molecule has 0 aliphatic carbocycles. The summed E-state index contributed by atoms with van der Waals surface area (Å²) in [6.45, 7) is 8.76. The number of halogens is 6. The SMILES string of the molecule is C=C/C(=C\C=C(/C)CN(C(=O)N1CCCC1)c1cccc(C2CN(C(=O)N(CCc3ccc(-c4nnc(C(F)(F)F)o4)cc3)c3ccccc3)CCO2)c1)C1=NNC(C)(C(F)(F)F)O1. The van der Waals surface area contributed by atoms with Crippen LogP contribution < -0.4 is 15.2 Å². The highest BCUT2D eigenvalue weighted by atomic mass is 19.4. The number of alkyl halides is 6. The molecule has 4 amide bonds. The first-order valence-electron chi connectivity index (χ1n) is 20.5. The van der Waals surface area contributed by atoms with Crippen molar-refractivity contribution in [2.24, 2.45) is 5.10 Å². The second-order valence-corrected chi connectivity index (χ2v) is 15.6. The minimum absolute atomic E-state index is 0.145. The smallest absolute Gasteiger partial charge is 0.438 e. The number of benzene rings is 3. The van der Waals surface area contributed by atoms with E-state index in [1.54, 1.807) is 56.9 Å². The summed E-state index contributed by atoms with van der Waals surface area (Å²) in [6, 6.07) is 22.8. The van der Waals surface area contributed by atoms with Crippen molar-refractivity contribution in [3.05, 3.63) is 132 Å². The number of carbonyl (C=O) groups is 2. The van der Waals surface area contributed by atoms with Crippen LogP contribution in [0, 0.1) is 0 Å². The van der Waals surface area contributed by atoms with E-state index in [4.69, 9.17) is 13.9 Å². The van der Waals surface area contributed by atoms with E-state index in [2.05, 4.69) is 21.9 Å². The Balaban J connectivity index is 1.06. The maximum absolute atomic E-state index is 14.4. The fourth-order valence-electron chi connectivity index (χ4n) is 7.29. The molecule has 2 fully saturated rings. The summed E-state index contributed by atoms with van der Waals surface area (Å²) in [4.78, 5) is 35.3. The van der Waals surface area contributed by atoms with Gasteiger partial charge >= 0.3 is 30.3 Å². The molecule has 13 nitrogen and oxygen atoms in total. The molecule has 0 radical (unpaired) electrons. The largest absolute Gasteiger partial charge is 0.470 e. The van der Waals surface area contributed by atoms with E-state index in [-0.39, 0.29) is 55.7 Å². The van der Waals surface area contributed by atoms with Gasteiger partial charge in [0.2, 0.25) is 11.8 Å². The molecule has 4 heterocycles. The number of carbonyl (C=O) groups excluding carboxylic acids is 2. The van der Waals surface area contributed by atoms with Crippen molar-refractivity contribution in [3.8, 4) is 11.5 Å². The molecular formula is C45H46F6N8O5. The monoisotopic (exact) mass is 892 g/mol. The highest BCUT2D eigenvalue weighted by Gasteiger charge is 2.57. The Morgan fingerprint density at radius 1 is 0.891 bits per heavy atom. The van der Waals surface area contributed by atoms with Crippen LogP contribution in [0.1, 0.15) is 49.8 Å². The number of hydrogen-bond donors (Lipinski definition) is 1. The second-order valence-electron chi connectivity index (χ2n) is 15.6. The summed E-state index contributed by atoms with van der Waals surface area (Å²) in [5, 5.41) is 10.3. The fourth-order valence-corrected chi connectivity index (χ4v) is 7.29. The van der Waals surface area contributed by atoms with Crippen LogP contribution in [0.15, 0.2) is 124 Å². The van der Waals surface area contributed by atoms with Crippen molar-refractivity contribution >= 4 is 29.3 Å². The van der Waals surface area contributed by atoms with Crippen molar-refractivity contribution in [1.82, 2.24) is 25.4 Å². The van der Waals surface area contributed by atoms with Gasteiger partial charge in [-0.3, -0.25) is 15.2 Å². The Morgan fingerprint density at radius 2 is 1.59 bits per heavy atom. The number of nitrogens with zero attached hydrogens (tertiary/aromatic N) is 7. The third-order valence-electron chi connectivity index (χ3n) is 10.9. The number of aromatic nitrogens is 2. The quantitative estimate of drug-likeness (QED) is 0.110. The average Bonchev–Trinajstić information content (AvgIpc) is 4.09. The lowest BCUT2D eigenvalue weighted by atomic mass is 10.1. The molecule has 3 aromatic carbocycles. The molecule has 2 atom stereocenters. The highest BCUT2D eigenvalue weighted by Crippen LogP contribution is 2.35. The lowest BCUT2D eigenvalue weighted by Gasteiger charge is -2.37. The van der Waals surface area contributed by atoms with E-state index < -0.39 is 30.1 Å². The van der Waals surface area contributed by atoms with Crippen LogP contribution in [-0.4, -0.2) is 95.7 Å². The fraction of sp³-hybridized carbons (Fsp3) is 0.356. The number of hydrazone groups is 1. The van der Waals surface area contributed by atoms with Crippen LogP contribution >= 0.6 is 0 Å². The minimum atomic E-state index is -4.76. The van der Waals surface area contributed by atoms with Gasteiger partial charge in [-0.1, -0.05) is 66.8 Å². The van der Waals surface area contributed by atoms with Gasteiger partial charge < -0.3 is 23.7 Å². The van der Waals surface area contributed by atoms with E-state index in [0.29, 0.717) is 48.6 Å². The van der Waals surface area contributed by atoms with E-state index in [0.717, 1.165) is 30.9 Å². The molecule has 7 rings (SSSR count). The molecule has 0 spiro atoms. The highest BCUT2D eigenvalue weighted by molar-refractivity contribution is 5.97. The van der Waals surface area contributed by atoms with E-state index in [1.807, 2.05) is 60.0 Å². The minimum Gasteiger partial charge on any atom is -0.438 e.